The Hall–Kier alpha value is -1.88. The zero-order chi connectivity index (χ0) is 15.0. The van der Waals surface area contributed by atoms with Gasteiger partial charge in [-0.05, 0) is 42.9 Å². The van der Waals surface area contributed by atoms with Crippen molar-refractivity contribution >= 4 is 11.0 Å². The Labute approximate surface area is 122 Å². The van der Waals surface area contributed by atoms with Crippen molar-refractivity contribution in [2.24, 2.45) is 5.73 Å². The van der Waals surface area contributed by atoms with Gasteiger partial charge in [0.05, 0.1) is 17.7 Å². The van der Waals surface area contributed by atoms with Gasteiger partial charge in [-0.25, -0.2) is 0 Å². The summed E-state index contributed by atoms with van der Waals surface area (Å²) in [7, 11) is 0. The van der Waals surface area contributed by atoms with Crippen LogP contribution >= 0.6 is 0 Å². The Kier molecular flexibility index (Phi) is 3.68. The standard InChI is InChI=1S/C16H21N3O2/c1-10-7-8-12-14(13(10)11-5-3-2-4-6-11)18-15(20)16(21)19(12)9-17/h7-8,11H,2-6,9,17H2,1H3,(H,18,20). The maximum atomic E-state index is 11.9. The largest absolute Gasteiger partial charge is 0.317 e. The van der Waals surface area contributed by atoms with Gasteiger partial charge in [-0.1, -0.05) is 25.3 Å². The molecule has 2 aromatic rings. The molecule has 21 heavy (non-hydrogen) atoms. The van der Waals surface area contributed by atoms with Gasteiger partial charge in [0.1, 0.15) is 0 Å². The Morgan fingerprint density at radius 3 is 2.62 bits per heavy atom. The number of nitrogens with two attached hydrogens (primary N) is 1. The second-order valence-corrected chi connectivity index (χ2v) is 5.90. The zero-order valence-corrected chi connectivity index (χ0v) is 12.3. The number of nitrogens with one attached hydrogen (secondary N) is 1. The van der Waals surface area contributed by atoms with Gasteiger partial charge in [-0.2, -0.15) is 0 Å². The highest BCUT2D eigenvalue weighted by Crippen LogP contribution is 2.37. The SMILES string of the molecule is Cc1ccc2c([nH]c(=O)c(=O)n2CN)c1C1CCCCC1. The van der Waals surface area contributed by atoms with Gasteiger partial charge in [-0.3, -0.25) is 14.2 Å². The summed E-state index contributed by atoms with van der Waals surface area (Å²) in [6.45, 7) is 2.09. The Morgan fingerprint density at radius 1 is 1.24 bits per heavy atom. The molecule has 3 N–H and O–H groups in total. The molecular weight excluding hydrogens is 266 g/mol. The van der Waals surface area contributed by atoms with Crippen LogP contribution in [-0.4, -0.2) is 9.55 Å². The summed E-state index contributed by atoms with van der Waals surface area (Å²) in [4.78, 5) is 26.6. The number of aryl methyl sites for hydroxylation is 1. The van der Waals surface area contributed by atoms with Crippen LogP contribution in [0.1, 0.15) is 49.1 Å². The Balaban J connectivity index is 2.33. The molecule has 0 unspecified atom stereocenters. The number of rotatable bonds is 2. The fraction of sp³-hybridized carbons (Fsp3) is 0.500. The summed E-state index contributed by atoms with van der Waals surface area (Å²) in [5.41, 5.74) is 8.37. The van der Waals surface area contributed by atoms with E-state index in [1.165, 1.54) is 35.0 Å². The number of hydrogen-bond acceptors (Lipinski definition) is 3. The van der Waals surface area contributed by atoms with Gasteiger partial charge < -0.3 is 10.7 Å². The first-order valence-electron chi connectivity index (χ1n) is 7.60. The molecule has 0 amide bonds. The molecule has 3 rings (SSSR count). The summed E-state index contributed by atoms with van der Waals surface area (Å²) in [5, 5.41) is 0. The van der Waals surface area contributed by atoms with E-state index in [0.717, 1.165) is 23.9 Å². The zero-order valence-electron chi connectivity index (χ0n) is 12.3. The lowest BCUT2D eigenvalue weighted by Gasteiger charge is -2.25. The van der Waals surface area contributed by atoms with E-state index in [9.17, 15) is 9.59 Å². The quantitative estimate of drug-likeness (QED) is 0.828. The van der Waals surface area contributed by atoms with Gasteiger partial charge in [0.2, 0.25) is 0 Å². The normalized spacial score (nSPS) is 16.5. The lowest BCUT2D eigenvalue weighted by molar-refractivity contribution is 0.444. The van der Waals surface area contributed by atoms with Crippen molar-refractivity contribution in [1.29, 1.82) is 0 Å². The predicted octanol–water partition coefficient (Wildman–Crippen LogP) is 1.96. The van der Waals surface area contributed by atoms with E-state index in [2.05, 4.69) is 11.9 Å². The summed E-state index contributed by atoms with van der Waals surface area (Å²) in [6.07, 6.45) is 6.01. The van der Waals surface area contributed by atoms with Gasteiger partial charge in [0, 0.05) is 0 Å². The highest BCUT2D eigenvalue weighted by atomic mass is 16.2. The highest BCUT2D eigenvalue weighted by molar-refractivity contribution is 5.80. The third-order valence-corrected chi connectivity index (χ3v) is 4.61. The average molecular weight is 287 g/mol. The van der Waals surface area contributed by atoms with Gasteiger partial charge in [0.15, 0.2) is 0 Å². The smallest absolute Gasteiger partial charge is 0.316 e. The summed E-state index contributed by atoms with van der Waals surface area (Å²) < 4.78 is 1.36. The molecule has 1 fully saturated rings. The molecule has 1 aliphatic rings. The van der Waals surface area contributed by atoms with Crippen molar-refractivity contribution in [1.82, 2.24) is 9.55 Å². The van der Waals surface area contributed by atoms with E-state index in [0.29, 0.717) is 5.92 Å². The fourth-order valence-corrected chi connectivity index (χ4v) is 3.57. The monoisotopic (exact) mass is 287 g/mol. The first-order chi connectivity index (χ1) is 10.1. The van der Waals surface area contributed by atoms with Crippen LogP contribution in [-0.2, 0) is 6.67 Å². The lowest BCUT2D eigenvalue weighted by atomic mass is 9.81. The molecule has 0 bridgehead atoms. The minimum absolute atomic E-state index is 0.0203. The van der Waals surface area contributed by atoms with Crippen molar-refractivity contribution in [2.45, 2.75) is 51.6 Å². The van der Waals surface area contributed by atoms with Crippen molar-refractivity contribution in [3.63, 3.8) is 0 Å². The van der Waals surface area contributed by atoms with Gasteiger partial charge in [-0.15, -0.1) is 0 Å². The second-order valence-electron chi connectivity index (χ2n) is 5.90. The molecule has 0 aliphatic heterocycles. The second kappa shape index (κ2) is 5.48. The van der Waals surface area contributed by atoms with Crippen LogP contribution in [0.15, 0.2) is 21.7 Å². The summed E-state index contributed by atoms with van der Waals surface area (Å²) in [6, 6.07) is 3.90. The van der Waals surface area contributed by atoms with E-state index in [-0.39, 0.29) is 6.67 Å². The minimum Gasteiger partial charge on any atom is -0.316 e. The Morgan fingerprint density at radius 2 is 1.95 bits per heavy atom. The van der Waals surface area contributed by atoms with Crippen molar-refractivity contribution < 1.29 is 0 Å². The molecule has 1 aromatic heterocycles. The number of hydrogen-bond donors (Lipinski definition) is 2. The maximum Gasteiger partial charge on any atom is 0.317 e. The van der Waals surface area contributed by atoms with Crippen LogP contribution in [0.3, 0.4) is 0 Å². The number of aromatic nitrogens is 2. The van der Waals surface area contributed by atoms with Crippen LogP contribution < -0.4 is 16.9 Å². The van der Waals surface area contributed by atoms with Crippen LogP contribution in [0.25, 0.3) is 11.0 Å². The Bertz CT molecular complexity index is 782. The molecule has 1 aromatic carbocycles. The molecule has 112 valence electrons. The third kappa shape index (κ3) is 2.31. The van der Waals surface area contributed by atoms with Crippen LogP contribution in [0.2, 0.25) is 0 Å². The summed E-state index contributed by atoms with van der Waals surface area (Å²) in [5.74, 6) is 0.460. The van der Waals surface area contributed by atoms with E-state index in [1.54, 1.807) is 0 Å². The molecule has 1 saturated carbocycles. The van der Waals surface area contributed by atoms with Gasteiger partial charge in [0.25, 0.3) is 0 Å². The number of nitrogens with zero attached hydrogens (tertiary/aromatic N) is 1. The molecule has 1 aliphatic carbocycles. The molecule has 1 heterocycles. The molecule has 5 heteroatoms. The van der Waals surface area contributed by atoms with Crippen LogP contribution in [0.5, 0.6) is 0 Å². The van der Waals surface area contributed by atoms with Crippen molar-refractivity contribution in [3.8, 4) is 0 Å². The minimum atomic E-state index is -0.587. The van der Waals surface area contributed by atoms with Crippen molar-refractivity contribution in [3.05, 3.63) is 44.0 Å². The predicted molar refractivity (Wildman–Crippen MR) is 83.6 cm³/mol. The molecule has 0 spiro atoms. The number of H-pyrrole nitrogens is 1. The molecular formula is C16H21N3O2. The summed E-state index contributed by atoms with van der Waals surface area (Å²) >= 11 is 0. The maximum absolute atomic E-state index is 11.9. The number of fused-ring (bicyclic) bond motifs is 1. The molecule has 0 radical (unpaired) electrons. The van der Waals surface area contributed by atoms with E-state index in [1.807, 2.05) is 12.1 Å². The average Bonchev–Trinajstić information content (AvgIpc) is 2.50. The first-order valence-corrected chi connectivity index (χ1v) is 7.60. The van der Waals surface area contributed by atoms with Crippen molar-refractivity contribution in [2.75, 3.05) is 0 Å². The van der Waals surface area contributed by atoms with E-state index < -0.39 is 11.1 Å². The first kappa shape index (κ1) is 14.1. The lowest BCUT2D eigenvalue weighted by Crippen LogP contribution is -2.38. The highest BCUT2D eigenvalue weighted by Gasteiger charge is 2.21. The molecule has 5 nitrogen and oxygen atoms in total. The topological polar surface area (TPSA) is 80.9 Å². The van der Waals surface area contributed by atoms with E-state index in [4.69, 9.17) is 5.73 Å². The number of benzene rings is 1. The molecule has 0 atom stereocenters. The van der Waals surface area contributed by atoms with E-state index >= 15 is 0 Å². The number of aromatic amines is 1. The molecule has 0 saturated heterocycles. The van der Waals surface area contributed by atoms with Crippen LogP contribution in [0, 0.1) is 6.92 Å². The third-order valence-electron chi connectivity index (χ3n) is 4.61. The van der Waals surface area contributed by atoms with Gasteiger partial charge >= 0.3 is 11.1 Å². The van der Waals surface area contributed by atoms with Crippen LogP contribution in [0.4, 0.5) is 0 Å². The fourth-order valence-electron chi connectivity index (χ4n) is 3.57.